The predicted octanol–water partition coefficient (Wildman–Crippen LogP) is 4.42. The second-order valence-corrected chi connectivity index (χ2v) is 6.57. The van der Waals surface area contributed by atoms with E-state index in [0.717, 1.165) is 6.54 Å². The van der Waals surface area contributed by atoms with E-state index in [1.807, 2.05) is 18.9 Å². The molecule has 1 atom stereocenters. The fourth-order valence-electron chi connectivity index (χ4n) is 2.90. The lowest BCUT2D eigenvalue weighted by atomic mass is 9.83. The van der Waals surface area contributed by atoms with E-state index in [1.54, 1.807) is 13.3 Å². The Morgan fingerprint density at radius 2 is 1.69 bits per heavy atom. The third-order valence-electron chi connectivity index (χ3n) is 4.71. The van der Waals surface area contributed by atoms with Gasteiger partial charge < -0.3 is 19.5 Å². The van der Waals surface area contributed by atoms with Crippen LogP contribution >= 0.6 is 0 Å². The van der Waals surface area contributed by atoms with Crippen molar-refractivity contribution in [2.75, 3.05) is 27.8 Å². The van der Waals surface area contributed by atoms with Crippen LogP contribution in [0.3, 0.4) is 0 Å². The average molecular weight is 410 g/mol. The van der Waals surface area contributed by atoms with Gasteiger partial charge in [-0.05, 0) is 31.5 Å². The summed E-state index contributed by atoms with van der Waals surface area (Å²) in [5.74, 6) is -0.216. The molecule has 0 fully saturated rings. The van der Waals surface area contributed by atoms with Crippen LogP contribution in [0.4, 0.5) is 18.9 Å². The van der Waals surface area contributed by atoms with E-state index in [4.69, 9.17) is 9.47 Å². The van der Waals surface area contributed by atoms with Crippen LogP contribution in [0.15, 0.2) is 41.4 Å². The summed E-state index contributed by atoms with van der Waals surface area (Å²) in [4.78, 5) is 6.13. The number of ether oxygens (including phenoxy) is 2. The van der Waals surface area contributed by atoms with Crippen LogP contribution in [0.1, 0.15) is 23.6 Å². The van der Waals surface area contributed by atoms with Crippen LogP contribution in [0.25, 0.3) is 0 Å². The molecule has 0 aliphatic rings. The van der Waals surface area contributed by atoms with Gasteiger partial charge in [0.05, 0.1) is 26.2 Å². The van der Waals surface area contributed by atoms with Crippen LogP contribution in [0.5, 0.6) is 11.5 Å². The van der Waals surface area contributed by atoms with Gasteiger partial charge in [-0.15, -0.1) is 0 Å². The normalized spacial score (nSPS) is 14.0. The fourth-order valence-corrected chi connectivity index (χ4v) is 2.90. The summed E-state index contributed by atoms with van der Waals surface area (Å²) >= 11 is 0. The largest absolute Gasteiger partial charge is 0.496 e. The quantitative estimate of drug-likeness (QED) is 0.542. The van der Waals surface area contributed by atoms with Crippen LogP contribution < -0.4 is 9.47 Å². The van der Waals surface area contributed by atoms with Crippen molar-refractivity contribution in [3.63, 3.8) is 0 Å². The number of alkyl halides is 3. The lowest BCUT2D eigenvalue weighted by Gasteiger charge is -2.33. The number of rotatable bonds is 7. The van der Waals surface area contributed by atoms with Crippen molar-refractivity contribution in [2.45, 2.75) is 25.6 Å². The minimum Gasteiger partial charge on any atom is -0.496 e. The molecule has 2 aromatic carbocycles. The lowest BCUT2D eigenvalue weighted by molar-refractivity contribution is -0.249. The number of benzene rings is 2. The highest BCUT2D eigenvalue weighted by atomic mass is 19.4. The minimum absolute atomic E-state index is 0.0845. The predicted molar refractivity (Wildman–Crippen MR) is 106 cm³/mol. The van der Waals surface area contributed by atoms with Crippen molar-refractivity contribution in [3.05, 3.63) is 53.1 Å². The van der Waals surface area contributed by atoms with E-state index in [9.17, 15) is 18.3 Å². The fraction of sp³-hybridized carbons (Fsp3) is 0.381. The molecule has 2 rings (SSSR count). The van der Waals surface area contributed by atoms with Gasteiger partial charge in [-0.1, -0.05) is 18.2 Å². The van der Waals surface area contributed by atoms with E-state index < -0.39 is 22.9 Å². The summed E-state index contributed by atoms with van der Waals surface area (Å²) < 4.78 is 53.0. The van der Waals surface area contributed by atoms with Crippen molar-refractivity contribution in [3.8, 4) is 11.5 Å². The third-order valence-corrected chi connectivity index (χ3v) is 4.71. The van der Waals surface area contributed by atoms with Gasteiger partial charge in [0.1, 0.15) is 11.5 Å². The Kier molecular flexibility index (Phi) is 6.79. The molecule has 0 spiro atoms. The molecule has 0 radical (unpaired) electrons. The first-order valence-electron chi connectivity index (χ1n) is 8.96. The number of aliphatic imine (C=N–C) groups is 1. The van der Waals surface area contributed by atoms with Crippen molar-refractivity contribution < 1.29 is 27.8 Å². The van der Waals surface area contributed by atoms with Gasteiger partial charge in [0.15, 0.2) is 0 Å². The molecule has 1 unspecified atom stereocenters. The maximum atomic E-state index is 14.2. The number of hydrogen-bond acceptors (Lipinski definition) is 4. The Morgan fingerprint density at radius 3 is 2.24 bits per heavy atom. The minimum atomic E-state index is -5.03. The van der Waals surface area contributed by atoms with Crippen molar-refractivity contribution in [2.24, 2.45) is 4.99 Å². The van der Waals surface area contributed by atoms with Crippen LogP contribution in [0.2, 0.25) is 0 Å². The molecule has 0 saturated heterocycles. The van der Waals surface area contributed by atoms with Crippen molar-refractivity contribution >= 4 is 12.0 Å². The maximum absolute atomic E-state index is 14.2. The molecule has 0 aliphatic carbocycles. The highest BCUT2D eigenvalue weighted by Gasteiger charge is 2.59. The number of aliphatic hydroxyl groups is 1. The first kappa shape index (κ1) is 22.5. The van der Waals surface area contributed by atoms with Gasteiger partial charge in [-0.25, -0.2) is 4.99 Å². The second kappa shape index (κ2) is 8.73. The van der Waals surface area contributed by atoms with E-state index >= 15 is 0 Å². The number of hydrogen-bond donors (Lipinski definition) is 1. The van der Waals surface area contributed by atoms with Crippen LogP contribution in [0, 0.1) is 6.92 Å². The Morgan fingerprint density at radius 1 is 1.07 bits per heavy atom. The molecule has 0 heterocycles. The van der Waals surface area contributed by atoms with Gasteiger partial charge in [0.25, 0.3) is 0 Å². The van der Waals surface area contributed by atoms with Gasteiger partial charge in [-0.3, -0.25) is 0 Å². The highest BCUT2D eigenvalue weighted by Crippen LogP contribution is 2.50. The monoisotopic (exact) mass is 410 g/mol. The van der Waals surface area contributed by atoms with E-state index in [1.165, 1.54) is 50.6 Å². The smallest absolute Gasteiger partial charge is 0.426 e. The molecule has 29 heavy (non-hydrogen) atoms. The number of halogens is 3. The summed E-state index contributed by atoms with van der Waals surface area (Å²) in [6.07, 6.45) is -3.45. The zero-order valence-corrected chi connectivity index (χ0v) is 17.0. The van der Waals surface area contributed by atoms with Crippen molar-refractivity contribution in [1.82, 2.24) is 4.90 Å². The van der Waals surface area contributed by atoms with Crippen molar-refractivity contribution in [1.29, 1.82) is 0 Å². The first-order valence-corrected chi connectivity index (χ1v) is 8.96. The van der Waals surface area contributed by atoms with E-state index in [2.05, 4.69) is 4.99 Å². The molecule has 1 N–H and O–H groups in total. The van der Waals surface area contributed by atoms with Crippen LogP contribution in [-0.4, -0.2) is 50.3 Å². The summed E-state index contributed by atoms with van der Waals surface area (Å²) in [5.41, 5.74) is -3.29. The number of nitrogens with zero attached hydrogens (tertiary/aromatic N) is 2. The van der Waals surface area contributed by atoms with Gasteiger partial charge in [0, 0.05) is 30.8 Å². The summed E-state index contributed by atoms with van der Waals surface area (Å²) in [6.45, 7) is 4.29. The Hall–Kier alpha value is -2.74. The molecule has 0 aliphatic heterocycles. The summed E-state index contributed by atoms with van der Waals surface area (Å²) in [6, 6.07) is 8.12. The third kappa shape index (κ3) is 4.32. The number of methoxy groups -OCH3 is 2. The zero-order valence-electron chi connectivity index (χ0n) is 17.0. The standard InChI is InChI=1S/C21H25F3N2O3/c1-6-26(3)13-25-17-12-19(29-5)16(11-14(17)2)20(27,21(22,23)24)15-9-7-8-10-18(15)28-4/h7-13,27H,6H2,1-5H3/b25-13+. The Bertz CT molecular complexity index is 884. The Balaban J connectivity index is 2.76. The molecule has 0 saturated carbocycles. The topological polar surface area (TPSA) is 54.3 Å². The maximum Gasteiger partial charge on any atom is 0.426 e. The van der Waals surface area contributed by atoms with Gasteiger partial charge in [-0.2, -0.15) is 13.2 Å². The summed E-state index contributed by atoms with van der Waals surface area (Å²) in [7, 11) is 4.33. The van der Waals surface area contributed by atoms with Gasteiger partial charge >= 0.3 is 6.18 Å². The van der Waals surface area contributed by atoms with E-state index in [-0.39, 0.29) is 11.5 Å². The molecule has 0 bridgehead atoms. The molecule has 0 amide bonds. The molecule has 158 valence electrons. The Labute approximate surface area is 168 Å². The molecular weight excluding hydrogens is 385 g/mol. The highest BCUT2D eigenvalue weighted by molar-refractivity contribution is 5.66. The number of aryl methyl sites for hydroxylation is 1. The molecule has 8 heteroatoms. The van der Waals surface area contributed by atoms with Crippen LogP contribution in [-0.2, 0) is 5.60 Å². The number of para-hydroxylation sites is 1. The second-order valence-electron chi connectivity index (χ2n) is 6.57. The average Bonchev–Trinajstić information content (AvgIpc) is 2.70. The SMILES string of the molecule is CCN(C)/C=N/c1cc(OC)c(C(O)(c2ccccc2OC)C(F)(F)F)cc1C. The molecule has 5 nitrogen and oxygen atoms in total. The molecule has 2 aromatic rings. The van der Waals surface area contributed by atoms with E-state index in [0.29, 0.717) is 11.3 Å². The molecule has 0 aromatic heterocycles. The first-order chi connectivity index (χ1) is 13.6. The molecular formula is C21H25F3N2O3. The zero-order chi connectivity index (χ0) is 21.8. The van der Waals surface area contributed by atoms with Gasteiger partial charge in [0.2, 0.25) is 5.60 Å². The summed E-state index contributed by atoms with van der Waals surface area (Å²) in [5, 5.41) is 11.1. The lowest BCUT2D eigenvalue weighted by Crippen LogP contribution is -2.44.